The van der Waals surface area contributed by atoms with Gasteiger partial charge in [0.05, 0.1) is 12.1 Å². The number of hydrogen-bond donors (Lipinski definition) is 2. The summed E-state index contributed by atoms with van der Waals surface area (Å²) in [6.45, 7) is 0.618. The maximum Gasteiger partial charge on any atom is 0.416 e. The van der Waals surface area contributed by atoms with Crippen molar-refractivity contribution in [2.75, 3.05) is 13.1 Å². The normalized spacial score (nSPS) is 19.3. The molecule has 3 N–H and O–H groups in total. The van der Waals surface area contributed by atoms with E-state index in [4.69, 9.17) is 5.73 Å². The van der Waals surface area contributed by atoms with E-state index in [1.807, 2.05) is 10.2 Å². The van der Waals surface area contributed by atoms with Crippen LogP contribution in [-0.2, 0) is 11.0 Å². The second-order valence-corrected chi connectivity index (χ2v) is 5.51. The minimum Gasteiger partial charge on any atom is -0.351 e. The number of imide groups is 1. The molecule has 0 spiro atoms. The molecule has 8 heteroatoms. The Hall–Kier alpha value is -2.09. The van der Waals surface area contributed by atoms with Gasteiger partial charge in [-0.1, -0.05) is 18.6 Å². The average Bonchev–Trinajstić information content (AvgIpc) is 2.46. The van der Waals surface area contributed by atoms with Crippen molar-refractivity contribution in [3.8, 4) is 0 Å². The van der Waals surface area contributed by atoms with Crippen LogP contribution in [0.25, 0.3) is 0 Å². The summed E-state index contributed by atoms with van der Waals surface area (Å²) in [5, 5.41) is 2.00. The highest BCUT2D eigenvalue weighted by molar-refractivity contribution is 5.94. The second-order valence-electron chi connectivity index (χ2n) is 5.51. The van der Waals surface area contributed by atoms with Crippen LogP contribution in [0.15, 0.2) is 24.3 Å². The lowest BCUT2D eigenvalue weighted by atomic mass is 9.94. The van der Waals surface area contributed by atoms with E-state index < -0.39 is 23.7 Å². The molecule has 0 bridgehead atoms. The number of halogens is 3. The van der Waals surface area contributed by atoms with Crippen molar-refractivity contribution in [1.29, 1.82) is 0 Å². The molecule has 3 amide bonds. The van der Waals surface area contributed by atoms with E-state index in [9.17, 15) is 22.8 Å². The fraction of sp³-hybridized carbons (Fsp3) is 0.467. The number of amides is 3. The first-order valence-electron chi connectivity index (χ1n) is 7.28. The lowest BCUT2D eigenvalue weighted by Crippen LogP contribution is -2.44. The minimum absolute atomic E-state index is 0.0192. The third-order valence-electron chi connectivity index (χ3n) is 3.85. The zero-order valence-electron chi connectivity index (χ0n) is 12.4. The molecule has 2 rings (SSSR count). The minimum atomic E-state index is -4.37. The number of nitrogens with two attached hydrogens (primary N) is 1. The fourth-order valence-electron chi connectivity index (χ4n) is 2.81. The van der Waals surface area contributed by atoms with Gasteiger partial charge in [0.2, 0.25) is 5.91 Å². The van der Waals surface area contributed by atoms with Gasteiger partial charge in [-0.25, -0.2) is 4.79 Å². The first kappa shape index (κ1) is 17.3. The van der Waals surface area contributed by atoms with Gasteiger partial charge in [0, 0.05) is 6.04 Å². The Morgan fingerprint density at radius 2 is 1.87 bits per heavy atom. The highest BCUT2D eigenvalue weighted by Crippen LogP contribution is 2.34. The van der Waals surface area contributed by atoms with Crippen molar-refractivity contribution in [1.82, 2.24) is 10.2 Å². The van der Waals surface area contributed by atoms with Gasteiger partial charge in [0.15, 0.2) is 0 Å². The number of carbonyl (C=O) groups is 2. The third kappa shape index (κ3) is 4.69. The van der Waals surface area contributed by atoms with Gasteiger partial charge in [0.25, 0.3) is 0 Å². The number of benzene rings is 1. The molecule has 0 aliphatic carbocycles. The van der Waals surface area contributed by atoms with Crippen molar-refractivity contribution < 1.29 is 22.8 Å². The van der Waals surface area contributed by atoms with Crippen molar-refractivity contribution in [2.24, 2.45) is 5.73 Å². The fourth-order valence-corrected chi connectivity index (χ4v) is 2.81. The molecule has 126 valence electrons. The van der Waals surface area contributed by atoms with Crippen molar-refractivity contribution >= 4 is 11.9 Å². The standard InChI is InChI=1S/C15H18F3N3O2/c16-15(17,18)11-6-4-10(5-7-11)12-3-1-2-8-21(12)9-13(22)20-14(19)23/h4-7,12H,1-3,8-9H2,(H3,19,20,22,23)/t12-/m1/s1. The van der Waals surface area contributed by atoms with Crippen LogP contribution < -0.4 is 11.1 Å². The quantitative estimate of drug-likeness (QED) is 0.894. The van der Waals surface area contributed by atoms with E-state index in [0.29, 0.717) is 6.54 Å². The molecule has 0 aromatic heterocycles. The smallest absolute Gasteiger partial charge is 0.351 e. The molecule has 0 unspecified atom stereocenters. The van der Waals surface area contributed by atoms with Gasteiger partial charge < -0.3 is 5.73 Å². The predicted octanol–water partition coefficient (Wildman–Crippen LogP) is 2.43. The number of rotatable bonds is 3. The topological polar surface area (TPSA) is 75.4 Å². The number of piperidine rings is 1. The van der Waals surface area contributed by atoms with E-state index >= 15 is 0 Å². The SMILES string of the molecule is NC(=O)NC(=O)CN1CCCC[C@@H]1c1ccc(C(F)(F)F)cc1. The highest BCUT2D eigenvalue weighted by Gasteiger charge is 2.31. The number of primary amides is 1. The molecule has 1 aromatic rings. The summed E-state index contributed by atoms with van der Waals surface area (Å²) >= 11 is 0. The van der Waals surface area contributed by atoms with Gasteiger partial charge in [-0.3, -0.25) is 15.0 Å². The highest BCUT2D eigenvalue weighted by atomic mass is 19.4. The van der Waals surface area contributed by atoms with Crippen molar-refractivity contribution in [3.63, 3.8) is 0 Å². The van der Waals surface area contributed by atoms with E-state index in [-0.39, 0.29) is 12.6 Å². The van der Waals surface area contributed by atoms with Gasteiger partial charge >= 0.3 is 12.2 Å². The van der Waals surface area contributed by atoms with Crippen LogP contribution in [0.1, 0.15) is 36.4 Å². The zero-order valence-corrected chi connectivity index (χ0v) is 12.4. The number of urea groups is 1. The Balaban J connectivity index is 2.11. The molecule has 5 nitrogen and oxygen atoms in total. The molecule has 0 radical (unpaired) electrons. The maximum absolute atomic E-state index is 12.6. The van der Waals surface area contributed by atoms with Crippen LogP contribution in [0, 0.1) is 0 Å². The Morgan fingerprint density at radius 3 is 2.43 bits per heavy atom. The molecule has 23 heavy (non-hydrogen) atoms. The van der Waals surface area contributed by atoms with E-state index in [2.05, 4.69) is 0 Å². The number of carbonyl (C=O) groups excluding carboxylic acids is 2. The van der Waals surface area contributed by atoms with Crippen molar-refractivity contribution in [3.05, 3.63) is 35.4 Å². The Kier molecular flexibility index (Phi) is 5.25. The number of hydrogen-bond acceptors (Lipinski definition) is 3. The molecule has 1 atom stereocenters. The maximum atomic E-state index is 12.6. The number of alkyl halides is 3. The average molecular weight is 329 g/mol. The molecule has 0 saturated carbocycles. The summed E-state index contributed by atoms with van der Waals surface area (Å²) in [4.78, 5) is 24.2. The van der Waals surface area contributed by atoms with E-state index in [1.165, 1.54) is 12.1 Å². The molecular formula is C15H18F3N3O2. The first-order valence-corrected chi connectivity index (χ1v) is 7.28. The van der Waals surface area contributed by atoms with Gasteiger partial charge in [0.1, 0.15) is 0 Å². The summed E-state index contributed by atoms with van der Waals surface area (Å²) in [5.74, 6) is -0.517. The first-order chi connectivity index (χ1) is 10.8. The van der Waals surface area contributed by atoms with E-state index in [1.54, 1.807) is 0 Å². The largest absolute Gasteiger partial charge is 0.416 e. The summed E-state index contributed by atoms with van der Waals surface area (Å²) in [6, 6.07) is 3.91. The lowest BCUT2D eigenvalue weighted by Gasteiger charge is -2.35. The number of nitrogens with one attached hydrogen (secondary N) is 1. The van der Waals surface area contributed by atoms with Gasteiger partial charge in [-0.15, -0.1) is 0 Å². The van der Waals surface area contributed by atoms with Crippen LogP contribution in [0.4, 0.5) is 18.0 Å². The molecular weight excluding hydrogens is 311 g/mol. The Bertz CT molecular complexity index is 572. The summed E-state index contributed by atoms with van der Waals surface area (Å²) in [6.07, 6.45) is -1.80. The van der Waals surface area contributed by atoms with Gasteiger partial charge in [-0.2, -0.15) is 13.2 Å². The zero-order chi connectivity index (χ0) is 17.0. The van der Waals surface area contributed by atoms with Crippen LogP contribution >= 0.6 is 0 Å². The predicted molar refractivity (Wildman–Crippen MR) is 77.3 cm³/mol. The molecule has 1 aliphatic heterocycles. The number of nitrogens with zero attached hydrogens (tertiary/aromatic N) is 1. The van der Waals surface area contributed by atoms with E-state index in [0.717, 1.165) is 37.0 Å². The van der Waals surface area contributed by atoms with Crippen LogP contribution in [0.3, 0.4) is 0 Å². The van der Waals surface area contributed by atoms with Crippen LogP contribution in [-0.4, -0.2) is 29.9 Å². The van der Waals surface area contributed by atoms with Crippen LogP contribution in [0.2, 0.25) is 0 Å². The third-order valence-corrected chi connectivity index (χ3v) is 3.85. The van der Waals surface area contributed by atoms with Crippen molar-refractivity contribution in [2.45, 2.75) is 31.5 Å². The molecule has 1 aromatic carbocycles. The number of likely N-dealkylation sites (tertiary alicyclic amines) is 1. The Labute approximate surface area is 131 Å². The molecule has 1 aliphatic rings. The second kappa shape index (κ2) is 6.99. The summed E-state index contributed by atoms with van der Waals surface area (Å²) in [7, 11) is 0. The molecule has 1 fully saturated rings. The summed E-state index contributed by atoms with van der Waals surface area (Å²) in [5.41, 5.74) is 4.93. The monoisotopic (exact) mass is 329 g/mol. The summed E-state index contributed by atoms with van der Waals surface area (Å²) < 4.78 is 37.9. The van der Waals surface area contributed by atoms with Crippen LogP contribution in [0.5, 0.6) is 0 Å². The Morgan fingerprint density at radius 1 is 1.22 bits per heavy atom. The lowest BCUT2D eigenvalue weighted by molar-refractivity contribution is -0.137. The molecule has 1 saturated heterocycles. The van der Waals surface area contributed by atoms with Gasteiger partial charge in [-0.05, 0) is 37.1 Å². The molecule has 1 heterocycles.